The van der Waals surface area contributed by atoms with E-state index in [4.69, 9.17) is 30.5 Å². The van der Waals surface area contributed by atoms with Crippen LogP contribution in [0.4, 0.5) is 0 Å². The molecule has 1 amide bonds. The molecule has 3 aliphatic carbocycles. The van der Waals surface area contributed by atoms with Gasteiger partial charge in [-0.3, -0.25) is 4.79 Å². The number of aryl methyl sites for hydroxylation is 1. The molecule has 0 radical (unpaired) electrons. The van der Waals surface area contributed by atoms with E-state index in [0.29, 0.717) is 46.3 Å². The fourth-order valence-corrected chi connectivity index (χ4v) is 8.83. The standard InChI is InChI=1S/C32H43BClN3O5S/c1-19(2)12-27(33-40-26-14-22-13-25(30(22,4)5)31(26,6)41-33)36-29(38)32(15-21-10-8-7-9-11-21)16-23(37-42-32)17-39-18-24-28(34)43-20(3)35-24/h7-11,19,22,25-27H,12-18H2,1-6H3,(H,36,38)/t22-,25-,26+,27-,31-,32?/m0/s1. The molecule has 8 nitrogen and oxygen atoms in total. The highest BCUT2D eigenvalue weighted by Crippen LogP contribution is 2.65. The van der Waals surface area contributed by atoms with E-state index in [2.05, 4.69) is 50.1 Å². The van der Waals surface area contributed by atoms with E-state index in [1.807, 2.05) is 37.3 Å². The maximum atomic E-state index is 14.3. The summed E-state index contributed by atoms with van der Waals surface area (Å²) in [6, 6.07) is 9.92. The summed E-state index contributed by atoms with van der Waals surface area (Å²) in [5.74, 6) is 0.905. The van der Waals surface area contributed by atoms with Crippen molar-refractivity contribution in [2.24, 2.45) is 28.3 Å². The van der Waals surface area contributed by atoms with E-state index in [0.717, 1.165) is 23.4 Å². The monoisotopic (exact) mass is 627 g/mol. The Hall–Kier alpha value is -1.98. The number of carbonyl (C=O) groups is 1. The number of rotatable bonds is 11. The Morgan fingerprint density at radius 3 is 2.65 bits per heavy atom. The van der Waals surface area contributed by atoms with Crippen molar-refractivity contribution in [3.8, 4) is 0 Å². The van der Waals surface area contributed by atoms with E-state index in [1.54, 1.807) is 0 Å². The van der Waals surface area contributed by atoms with Crippen LogP contribution < -0.4 is 5.32 Å². The number of carbonyl (C=O) groups excluding carboxylic acids is 1. The molecule has 2 aliphatic heterocycles. The zero-order valence-corrected chi connectivity index (χ0v) is 27.6. The molecule has 5 aliphatic rings. The Labute approximate surface area is 264 Å². The number of oxime groups is 1. The second-order valence-electron chi connectivity index (χ2n) is 14.1. The highest BCUT2D eigenvalue weighted by molar-refractivity contribution is 7.15. The Balaban J connectivity index is 1.17. The summed E-state index contributed by atoms with van der Waals surface area (Å²) in [5.41, 5.74) is 1.07. The van der Waals surface area contributed by atoms with Crippen molar-refractivity contribution in [1.29, 1.82) is 0 Å². The van der Waals surface area contributed by atoms with Gasteiger partial charge in [-0.1, -0.05) is 74.8 Å². The van der Waals surface area contributed by atoms with Crippen molar-refractivity contribution >= 4 is 41.7 Å². The summed E-state index contributed by atoms with van der Waals surface area (Å²) >= 11 is 7.71. The Kier molecular flexibility index (Phi) is 8.48. The molecule has 1 N–H and O–H groups in total. The van der Waals surface area contributed by atoms with Crippen LogP contribution in [-0.4, -0.2) is 53.6 Å². The van der Waals surface area contributed by atoms with E-state index in [9.17, 15) is 4.79 Å². The van der Waals surface area contributed by atoms with Gasteiger partial charge in [-0.25, -0.2) is 4.98 Å². The maximum Gasteiger partial charge on any atom is 0.481 e. The number of nitrogens with zero attached hydrogens (tertiary/aromatic N) is 2. The van der Waals surface area contributed by atoms with E-state index >= 15 is 0 Å². The first-order valence-electron chi connectivity index (χ1n) is 15.5. The van der Waals surface area contributed by atoms with Gasteiger partial charge in [0.05, 0.1) is 47.3 Å². The Morgan fingerprint density at radius 2 is 1.98 bits per heavy atom. The van der Waals surface area contributed by atoms with Gasteiger partial charge in [-0.2, -0.15) is 0 Å². The molecule has 6 atom stereocenters. The second kappa shape index (κ2) is 11.8. The fourth-order valence-electron chi connectivity index (χ4n) is 7.76. The van der Waals surface area contributed by atoms with Crippen LogP contribution in [0, 0.1) is 30.1 Å². The number of benzene rings is 1. The van der Waals surface area contributed by atoms with Gasteiger partial charge in [0.15, 0.2) is 0 Å². The molecule has 1 aromatic heterocycles. The SMILES string of the molecule is Cc1nc(COCC2=NOC(Cc3ccccc3)(C(=O)N[C@@H](CC(C)C)B3O[C@@H]4C[C@@H]5C[C@@H](C5(C)C)[C@]4(C)O3)C2)c(Cl)s1. The third kappa shape index (κ3) is 5.90. The van der Waals surface area contributed by atoms with Crippen LogP contribution in [0.5, 0.6) is 0 Å². The minimum atomic E-state index is -1.21. The quantitative estimate of drug-likeness (QED) is 0.299. The van der Waals surface area contributed by atoms with Crippen molar-refractivity contribution in [3.63, 3.8) is 0 Å². The molecule has 2 bridgehead atoms. The molecular formula is C32H43BClN3O5S. The summed E-state index contributed by atoms with van der Waals surface area (Å²) in [4.78, 5) is 24.8. The molecule has 3 saturated carbocycles. The normalized spacial score (nSPS) is 31.3. The molecular weight excluding hydrogens is 585 g/mol. The van der Waals surface area contributed by atoms with Gasteiger partial charge < -0.3 is 24.2 Å². The third-order valence-corrected chi connectivity index (χ3v) is 11.4. The first-order valence-corrected chi connectivity index (χ1v) is 16.7. The first kappa shape index (κ1) is 31.0. The molecule has 11 heteroatoms. The van der Waals surface area contributed by atoms with Crippen molar-refractivity contribution < 1.29 is 23.7 Å². The molecule has 43 heavy (non-hydrogen) atoms. The lowest BCUT2D eigenvalue weighted by molar-refractivity contribution is -0.199. The van der Waals surface area contributed by atoms with Crippen LogP contribution in [-0.2, 0) is 36.7 Å². The summed E-state index contributed by atoms with van der Waals surface area (Å²) < 4.78 is 20.0. The summed E-state index contributed by atoms with van der Waals surface area (Å²) in [7, 11) is -0.512. The minimum Gasteiger partial charge on any atom is -0.404 e. The smallest absolute Gasteiger partial charge is 0.404 e. The Morgan fingerprint density at radius 1 is 1.21 bits per heavy atom. The van der Waals surface area contributed by atoms with Gasteiger partial charge in [-0.15, -0.1) is 11.3 Å². The van der Waals surface area contributed by atoms with E-state index in [-0.39, 0.29) is 42.2 Å². The lowest BCUT2D eigenvalue weighted by Gasteiger charge is -2.64. The number of amides is 1. The molecule has 7 rings (SSSR count). The Bertz CT molecular complexity index is 1370. The molecule has 2 aromatic rings. The first-order chi connectivity index (χ1) is 20.4. The van der Waals surface area contributed by atoms with Gasteiger partial charge in [-0.05, 0) is 61.8 Å². The van der Waals surface area contributed by atoms with Crippen molar-refractivity contribution in [1.82, 2.24) is 10.3 Å². The lowest BCUT2D eigenvalue weighted by atomic mass is 9.43. The average molecular weight is 628 g/mol. The predicted molar refractivity (Wildman–Crippen MR) is 169 cm³/mol. The van der Waals surface area contributed by atoms with Gasteiger partial charge in [0.25, 0.3) is 5.91 Å². The number of halogens is 1. The molecule has 1 saturated heterocycles. The van der Waals surface area contributed by atoms with Crippen molar-refractivity contribution in [2.45, 2.75) is 104 Å². The maximum absolute atomic E-state index is 14.3. The average Bonchev–Trinajstić information content (AvgIpc) is 3.62. The molecule has 1 aromatic carbocycles. The highest BCUT2D eigenvalue weighted by atomic mass is 35.5. The van der Waals surface area contributed by atoms with Crippen LogP contribution in [0.15, 0.2) is 35.5 Å². The largest absolute Gasteiger partial charge is 0.481 e. The number of hydrogen-bond donors (Lipinski definition) is 1. The van der Waals surface area contributed by atoms with Gasteiger partial charge in [0, 0.05) is 12.8 Å². The number of aromatic nitrogens is 1. The minimum absolute atomic E-state index is 0.0453. The summed E-state index contributed by atoms with van der Waals surface area (Å²) in [5, 5.41) is 8.57. The van der Waals surface area contributed by atoms with Crippen LogP contribution in [0.2, 0.25) is 4.34 Å². The van der Waals surface area contributed by atoms with E-state index in [1.165, 1.54) is 17.8 Å². The lowest BCUT2D eigenvalue weighted by Crippen LogP contribution is -2.65. The van der Waals surface area contributed by atoms with Gasteiger partial charge >= 0.3 is 7.12 Å². The molecule has 232 valence electrons. The highest BCUT2D eigenvalue weighted by Gasteiger charge is 2.68. The van der Waals surface area contributed by atoms with Crippen LogP contribution >= 0.6 is 22.9 Å². The third-order valence-electron chi connectivity index (χ3n) is 10.2. The molecule has 3 heterocycles. The predicted octanol–water partition coefficient (Wildman–Crippen LogP) is 6.18. The number of nitrogens with one attached hydrogen (secondary N) is 1. The van der Waals surface area contributed by atoms with Crippen molar-refractivity contribution in [3.05, 3.63) is 50.9 Å². The zero-order valence-electron chi connectivity index (χ0n) is 26.0. The topological polar surface area (TPSA) is 91.3 Å². The second-order valence-corrected chi connectivity index (χ2v) is 15.9. The fraction of sp³-hybridized carbons (Fsp3) is 0.656. The zero-order chi connectivity index (χ0) is 30.6. The summed E-state index contributed by atoms with van der Waals surface area (Å²) in [6.07, 6.45) is 3.65. The van der Waals surface area contributed by atoms with E-state index < -0.39 is 12.7 Å². The summed E-state index contributed by atoms with van der Waals surface area (Å²) in [6.45, 7) is 13.6. The van der Waals surface area contributed by atoms with Crippen molar-refractivity contribution in [2.75, 3.05) is 6.61 Å². The molecule has 4 fully saturated rings. The van der Waals surface area contributed by atoms with Crippen LogP contribution in [0.25, 0.3) is 0 Å². The van der Waals surface area contributed by atoms with Crippen LogP contribution in [0.3, 0.4) is 0 Å². The number of hydrogen-bond acceptors (Lipinski definition) is 8. The molecule has 0 spiro atoms. The van der Waals surface area contributed by atoms with Gasteiger partial charge in [0.1, 0.15) is 4.34 Å². The number of thiazole rings is 1. The van der Waals surface area contributed by atoms with Crippen LogP contribution in [0.1, 0.15) is 76.6 Å². The van der Waals surface area contributed by atoms with Gasteiger partial charge in [0.2, 0.25) is 5.60 Å². The number of ether oxygens (including phenoxy) is 1. The molecule has 1 unspecified atom stereocenters.